The van der Waals surface area contributed by atoms with E-state index in [1.807, 2.05) is 0 Å². The zero-order chi connectivity index (χ0) is 15.4. The minimum absolute atomic E-state index is 1.37. The van der Waals surface area contributed by atoms with Crippen LogP contribution in [0.4, 0.5) is 0 Å². The van der Waals surface area contributed by atoms with Crippen molar-refractivity contribution in [3.63, 3.8) is 0 Å². The first-order chi connectivity index (χ1) is 9.20. The second-order valence-electron chi connectivity index (χ2n) is 6.24. The van der Waals surface area contributed by atoms with E-state index in [9.17, 15) is 0 Å². The highest BCUT2D eigenvalue weighted by molar-refractivity contribution is 5.76. The van der Waals surface area contributed by atoms with Crippen molar-refractivity contribution in [1.82, 2.24) is 4.57 Å². The maximum Gasteiger partial charge on any atom is 0.0517 e. The summed E-state index contributed by atoms with van der Waals surface area (Å²) in [5, 5.41) is 0. The number of nitrogens with zero attached hydrogens (tertiary/aromatic N) is 1. The molecule has 0 unspecified atom stereocenters. The predicted octanol–water partition coefficient (Wildman–Crippen LogP) is 5.16. The summed E-state index contributed by atoms with van der Waals surface area (Å²) < 4.78 is 2.36. The Morgan fingerprint density at radius 1 is 0.500 bits per heavy atom. The van der Waals surface area contributed by atoms with Crippen LogP contribution in [0.25, 0.3) is 11.3 Å². The fourth-order valence-corrected chi connectivity index (χ4v) is 3.33. The molecular weight excluding hydrogens is 242 g/mol. The fraction of sp³-hybridized carbons (Fsp3) is 0.474. The highest BCUT2D eigenvalue weighted by Gasteiger charge is 2.20. The maximum absolute atomic E-state index is 2.36. The number of rotatable bonds is 1. The first-order valence-corrected chi connectivity index (χ1v) is 7.39. The number of aromatic nitrogens is 1. The molecule has 0 amide bonds. The molecule has 108 valence electrons. The van der Waals surface area contributed by atoms with Crippen molar-refractivity contribution in [3.05, 3.63) is 44.6 Å². The van der Waals surface area contributed by atoms with Gasteiger partial charge in [0.2, 0.25) is 0 Å². The van der Waals surface area contributed by atoms with Gasteiger partial charge in [0.25, 0.3) is 0 Å². The third-order valence-corrected chi connectivity index (χ3v) is 5.54. The van der Waals surface area contributed by atoms with Crippen LogP contribution in [0.5, 0.6) is 0 Å². The van der Waals surface area contributed by atoms with Gasteiger partial charge in [0.1, 0.15) is 0 Å². The van der Waals surface area contributed by atoms with E-state index in [-0.39, 0.29) is 0 Å². The van der Waals surface area contributed by atoms with Crippen molar-refractivity contribution in [1.29, 1.82) is 0 Å². The van der Waals surface area contributed by atoms with Gasteiger partial charge < -0.3 is 4.57 Å². The minimum Gasteiger partial charge on any atom is -0.347 e. The second kappa shape index (κ2) is 4.80. The molecule has 0 aliphatic heterocycles. The third kappa shape index (κ3) is 1.83. The van der Waals surface area contributed by atoms with Gasteiger partial charge in [0, 0.05) is 18.3 Å². The van der Waals surface area contributed by atoms with Crippen LogP contribution in [0.15, 0.2) is 0 Å². The summed E-state index contributed by atoms with van der Waals surface area (Å²) >= 11 is 0. The van der Waals surface area contributed by atoms with Gasteiger partial charge in [-0.15, -0.1) is 0 Å². The molecule has 2 rings (SSSR count). The maximum atomic E-state index is 2.36. The van der Waals surface area contributed by atoms with E-state index in [0.717, 1.165) is 0 Å². The molecule has 0 saturated carbocycles. The Morgan fingerprint density at radius 3 is 1.25 bits per heavy atom. The lowest BCUT2D eigenvalue weighted by Gasteiger charge is -2.20. The van der Waals surface area contributed by atoms with E-state index in [0.29, 0.717) is 0 Å². The molecule has 0 aliphatic carbocycles. The molecular formula is C19H27N. The third-order valence-electron chi connectivity index (χ3n) is 5.54. The van der Waals surface area contributed by atoms with Gasteiger partial charge in [-0.1, -0.05) is 0 Å². The van der Waals surface area contributed by atoms with Gasteiger partial charge in [0.05, 0.1) is 5.69 Å². The molecule has 0 spiro atoms. The minimum atomic E-state index is 1.37. The largest absolute Gasteiger partial charge is 0.347 e. The summed E-state index contributed by atoms with van der Waals surface area (Å²) in [6.45, 7) is 18.0. The molecule has 0 fully saturated rings. The molecule has 0 aliphatic rings. The van der Waals surface area contributed by atoms with E-state index >= 15 is 0 Å². The van der Waals surface area contributed by atoms with Crippen LogP contribution in [0.2, 0.25) is 0 Å². The van der Waals surface area contributed by atoms with E-state index in [1.54, 1.807) is 0 Å². The standard InChI is InChI=1S/C19H27N/c1-10-11(2)14(5)18(15(6)12(10)3)19-16(7)13(4)17(8)20(19)9/h1-9H3. The molecule has 1 nitrogen and oxygen atoms in total. The summed E-state index contributed by atoms with van der Waals surface area (Å²) in [6.07, 6.45) is 0. The summed E-state index contributed by atoms with van der Waals surface area (Å²) in [5.41, 5.74) is 14.2. The molecule has 1 heterocycles. The van der Waals surface area contributed by atoms with Crippen molar-refractivity contribution in [2.45, 2.75) is 55.4 Å². The predicted molar refractivity (Wildman–Crippen MR) is 88.7 cm³/mol. The van der Waals surface area contributed by atoms with E-state index < -0.39 is 0 Å². The van der Waals surface area contributed by atoms with Crippen LogP contribution < -0.4 is 0 Å². The molecule has 1 aromatic heterocycles. The fourth-order valence-electron chi connectivity index (χ4n) is 3.33. The summed E-state index contributed by atoms with van der Waals surface area (Å²) in [6, 6.07) is 0. The number of hydrogen-bond donors (Lipinski definition) is 0. The summed E-state index contributed by atoms with van der Waals surface area (Å²) in [4.78, 5) is 0. The van der Waals surface area contributed by atoms with Crippen molar-refractivity contribution < 1.29 is 0 Å². The van der Waals surface area contributed by atoms with Crippen LogP contribution in [-0.4, -0.2) is 4.57 Å². The van der Waals surface area contributed by atoms with Crippen LogP contribution in [0.3, 0.4) is 0 Å². The average Bonchev–Trinajstić information content (AvgIpc) is 2.61. The van der Waals surface area contributed by atoms with Crippen molar-refractivity contribution in [3.8, 4) is 11.3 Å². The first kappa shape index (κ1) is 14.9. The molecule has 0 radical (unpaired) electrons. The van der Waals surface area contributed by atoms with Crippen LogP contribution in [-0.2, 0) is 7.05 Å². The Morgan fingerprint density at radius 2 is 0.900 bits per heavy atom. The smallest absolute Gasteiger partial charge is 0.0517 e. The first-order valence-electron chi connectivity index (χ1n) is 7.39. The van der Waals surface area contributed by atoms with Gasteiger partial charge in [0.15, 0.2) is 0 Å². The Balaban J connectivity index is 2.95. The zero-order valence-corrected chi connectivity index (χ0v) is 14.4. The van der Waals surface area contributed by atoms with Crippen LogP contribution >= 0.6 is 0 Å². The van der Waals surface area contributed by atoms with Crippen LogP contribution in [0.1, 0.15) is 44.6 Å². The lowest BCUT2D eigenvalue weighted by atomic mass is 9.87. The van der Waals surface area contributed by atoms with Gasteiger partial charge in [-0.2, -0.15) is 0 Å². The summed E-state index contributed by atoms with van der Waals surface area (Å²) in [7, 11) is 2.19. The molecule has 0 bridgehead atoms. The Labute approximate surface area is 123 Å². The Kier molecular flexibility index (Phi) is 3.58. The van der Waals surface area contributed by atoms with E-state index in [2.05, 4.69) is 67.0 Å². The molecule has 0 saturated heterocycles. The highest BCUT2D eigenvalue weighted by Crippen LogP contribution is 2.37. The molecule has 1 aromatic carbocycles. The molecule has 20 heavy (non-hydrogen) atoms. The van der Waals surface area contributed by atoms with Crippen molar-refractivity contribution >= 4 is 0 Å². The average molecular weight is 269 g/mol. The van der Waals surface area contributed by atoms with E-state index in [4.69, 9.17) is 0 Å². The van der Waals surface area contributed by atoms with Gasteiger partial charge in [-0.25, -0.2) is 0 Å². The second-order valence-corrected chi connectivity index (χ2v) is 6.24. The van der Waals surface area contributed by atoms with Crippen molar-refractivity contribution in [2.24, 2.45) is 7.05 Å². The lowest BCUT2D eigenvalue weighted by Crippen LogP contribution is -2.03. The monoisotopic (exact) mass is 269 g/mol. The van der Waals surface area contributed by atoms with E-state index in [1.165, 1.54) is 55.9 Å². The van der Waals surface area contributed by atoms with Crippen LogP contribution in [0, 0.1) is 55.4 Å². The zero-order valence-electron chi connectivity index (χ0n) is 14.4. The van der Waals surface area contributed by atoms with Crippen molar-refractivity contribution in [2.75, 3.05) is 0 Å². The molecule has 2 aromatic rings. The number of hydrogen-bond acceptors (Lipinski definition) is 0. The van der Waals surface area contributed by atoms with Gasteiger partial charge >= 0.3 is 0 Å². The summed E-state index contributed by atoms with van der Waals surface area (Å²) in [5.74, 6) is 0. The highest BCUT2D eigenvalue weighted by atomic mass is 15.0. The Bertz CT molecular complexity index is 645. The van der Waals surface area contributed by atoms with Gasteiger partial charge in [-0.05, 0) is 94.3 Å². The number of benzene rings is 1. The SMILES string of the molecule is Cc1c(C)c(C)c(-c2c(C)c(C)c(C)n2C)c(C)c1C. The normalized spacial score (nSPS) is 11.2. The Hall–Kier alpha value is -1.50. The lowest BCUT2D eigenvalue weighted by molar-refractivity contribution is 0.881. The quantitative estimate of drug-likeness (QED) is 0.674. The molecule has 1 heteroatoms. The van der Waals surface area contributed by atoms with Gasteiger partial charge in [-0.3, -0.25) is 0 Å². The topological polar surface area (TPSA) is 4.93 Å². The molecule has 0 N–H and O–H groups in total. The molecule has 0 atom stereocenters.